The first-order chi connectivity index (χ1) is 12.7. The van der Waals surface area contributed by atoms with Crippen molar-refractivity contribution in [1.82, 2.24) is 20.3 Å². The van der Waals surface area contributed by atoms with Gasteiger partial charge in [0.05, 0.1) is 32.3 Å². The van der Waals surface area contributed by atoms with Crippen LogP contribution in [-0.2, 0) is 16.1 Å². The second-order valence-corrected chi connectivity index (χ2v) is 6.59. The maximum absolute atomic E-state index is 12.5. The van der Waals surface area contributed by atoms with Crippen molar-refractivity contribution in [2.45, 2.75) is 19.0 Å². The monoisotopic (exact) mass is 370 g/mol. The van der Waals surface area contributed by atoms with Crippen molar-refractivity contribution in [3.8, 4) is 0 Å². The molecule has 0 aliphatic heterocycles. The highest BCUT2D eigenvalue weighted by Crippen LogP contribution is 2.22. The van der Waals surface area contributed by atoms with Crippen LogP contribution in [0.5, 0.6) is 0 Å². The lowest BCUT2D eigenvalue weighted by Crippen LogP contribution is -2.30. The number of amides is 1. The molecule has 0 fully saturated rings. The lowest BCUT2D eigenvalue weighted by atomic mass is 10.1. The van der Waals surface area contributed by atoms with E-state index in [1.54, 1.807) is 10.9 Å². The Morgan fingerprint density at radius 1 is 1.23 bits per heavy atom. The van der Waals surface area contributed by atoms with E-state index in [0.717, 1.165) is 10.4 Å². The fourth-order valence-electron chi connectivity index (χ4n) is 2.44. The molecule has 0 saturated carbocycles. The molecule has 0 aliphatic carbocycles. The maximum Gasteiger partial charge on any atom is 0.307 e. The predicted octanol–water partition coefficient (Wildman–Crippen LogP) is 2.42. The Labute approximate surface area is 154 Å². The summed E-state index contributed by atoms with van der Waals surface area (Å²) in [5.74, 6) is -0.775. The van der Waals surface area contributed by atoms with E-state index in [9.17, 15) is 9.59 Å². The van der Waals surface area contributed by atoms with Gasteiger partial charge in [0, 0.05) is 4.88 Å². The van der Waals surface area contributed by atoms with Crippen molar-refractivity contribution >= 4 is 23.2 Å². The number of carbonyl (C=O) groups is 2. The number of benzene rings is 1. The first-order valence-corrected chi connectivity index (χ1v) is 8.89. The minimum Gasteiger partial charge on any atom is -0.469 e. The van der Waals surface area contributed by atoms with Crippen molar-refractivity contribution in [3.05, 3.63) is 70.2 Å². The molecule has 0 radical (unpaired) electrons. The Kier molecular flexibility index (Phi) is 5.75. The van der Waals surface area contributed by atoms with Gasteiger partial charge in [0.1, 0.15) is 0 Å². The summed E-state index contributed by atoms with van der Waals surface area (Å²) >= 11 is 1.46. The molecule has 7 nitrogen and oxygen atoms in total. The normalized spacial score (nSPS) is 11.7. The fourth-order valence-corrected chi connectivity index (χ4v) is 3.22. The van der Waals surface area contributed by atoms with Crippen LogP contribution in [-0.4, -0.2) is 34.0 Å². The summed E-state index contributed by atoms with van der Waals surface area (Å²) < 4.78 is 6.32. The van der Waals surface area contributed by atoms with Crippen LogP contribution in [0.2, 0.25) is 0 Å². The van der Waals surface area contributed by atoms with Crippen LogP contribution in [0, 0.1) is 0 Å². The SMILES string of the molecule is COC(=O)CC(NC(=O)c1cn(Cc2ccccc2)nn1)c1cccs1. The highest BCUT2D eigenvalue weighted by atomic mass is 32.1. The summed E-state index contributed by atoms with van der Waals surface area (Å²) in [6.45, 7) is 0.525. The molecule has 1 atom stereocenters. The number of carbonyl (C=O) groups excluding carboxylic acids is 2. The third-order valence-corrected chi connectivity index (χ3v) is 4.74. The zero-order valence-corrected chi connectivity index (χ0v) is 15.0. The highest BCUT2D eigenvalue weighted by molar-refractivity contribution is 7.10. The lowest BCUT2D eigenvalue weighted by molar-refractivity contribution is -0.141. The number of nitrogens with one attached hydrogen (secondary N) is 1. The molecule has 1 N–H and O–H groups in total. The Balaban J connectivity index is 1.68. The van der Waals surface area contributed by atoms with Gasteiger partial charge in [0.15, 0.2) is 5.69 Å². The zero-order chi connectivity index (χ0) is 18.4. The van der Waals surface area contributed by atoms with E-state index in [2.05, 4.69) is 15.6 Å². The molecule has 2 heterocycles. The van der Waals surface area contributed by atoms with Crippen LogP contribution in [0.15, 0.2) is 54.0 Å². The molecular formula is C18H18N4O3S. The number of thiophene rings is 1. The van der Waals surface area contributed by atoms with E-state index in [-0.39, 0.29) is 18.0 Å². The van der Waals surface area contributed by atoms with Crippen LogP contribution in [0.3, 0.4) is 0 Å². The predicted molar refractivity (Wildman–Crippen MR) is 96.7 cm³/mol. The molecule has 3 aromatic rings. The number of rotatable bonds is 7. The second kappa shape index (κ2) is 8.39. The van der Waals surface area contributed by atoms with Crippen molar-refractivity contribution in [3.63, 3.8) is 0 Å². The minimum absolute atomic E-state index is 0.0565. The molecule has 1 amide bonds. The minimum atomic E-state index is -0.464. The quantitative estimate of drug-likeness (QED) is 0.646. The van der Waals surface area contributed by atoms with Crippen LogP contribution < -0.4 is 5.32 Å². The Morgan fingerprint density at radius 2 is 2.04 bits per heavy atom. The van der Waals surface area contributed by atoms with Gasteiger partial charge in [-0.3, -0.25) is 9.59 Å². The smallest absolute Gasteiger partial charge is 0.307 e. The molecule has 3 rings (SSSR count). The first-order valence-electron chi connectivity index (χ1n) is 8.01. The van der Waals surface area contributed by atoms with Crippen molar-refractivity contribution in [2.24, 2.45) is 0 Å². The number of esters is 1. The van der Waals surface area contributed by atoms with Gasteiger partial charge in [0.2, 0.25) is 0 Å². The summed E-state index contributed by atoms with van der Waals surface area (Å²) in [7, 11) is 1.32. The summed E-state index contributed by atoms with van der Waals surface area (Å²) in [6, 6.07) is 13.0. The Bertz CT molecular complexity index is 862. The standard InChI is InChI=1S/C18H18N4O3S/c1-25-17(23)10-14(16-8-5-9-26-16)19-18(24)15-12-22(21-20-15)11-13-6-3-2-4-7-13/h2-9,12,14H,10-11H2,1H3,(H,19,24). The molecule has 0 aliphatic rings. The zero-order valence-electron chi connectivity index (χ0n) is 14.2. The van der Waals surface area contributed by atoms with Gasteiger partial charge >= 0.3 is 5.97 Å². The first kappa shape index (κ1) is 17.8. The molecular weight excluding hydrogens is 352 g/mol. The molecule has 0 bridgehead atoms. The summed E-state index contributed by atoms with van der Waals surface area (Å²) in [6.07, 6.45) is 1.65. The average Bonchev–Trinajstić information content (AvgIpc) is 3.34. The topological polar surface area (TPSA) is 86.1 Å². The number of nitrogens with zero attached hydrogens (tertiary/aromatic N) is 3. The summed E-state index contributed by atoms with van der Waals surface area (Å²) in [4.78, 5) is 25.0. The summed E-state index contributed by atoms with van der Waals surface area (Å²) in [5, 5.41) is 12.7. The van der Waals surface area contributed by atoms with E-state index in [1.165, 1.54) is 18.4 Å². The largest absolute Gasteiger partial charge is 0.469 e. The van der Waals surface area contributed by atoms with Crippen molar-refractivity contribution in [2.75, 3.05) is 7.11 Å². The van der Waals surface area contributed by atoms with Gasteiger partial charge in [-0.2, -0.15) is 0 Å². The van der Waals surface area contributed by atoms with E-state index in [4.69, 9.17) is 4.74 Å². The van der Waals surface area contributed by atoms with E-state index < -0.39 is 12.0 Å². The van der Waals surface area contributed by atoms with Crippen LogP contribution in [0.4, 0.5) is 0 Å². The van der Waals surface area contributed by atoms with Gasteiger partial charge in [-0.1, -0.05) is 41.6 Å². The lowest BCUT2D eigenvalue weighted by Gasteiger charge is -2.15. The number of hydrogen-bond acceptors (Lipinski definition) is 6. The fraction of sp³-hybridized carbons (Fsp3) is 0.222. The van der Waals surface area contributed by atoms with Crippen molar-refractivity contribution in [1.29, 1.82) is 0 Å². The third-order valence-electron chi connectivity index (χ3n) is 3.75. The second-order valence-electron chi connectivity index (χ2n) is 5.61. The van der Waals surface area contributed by atoms with E-state index >= 15 is 0 Å². The van der Waals surface area contributed by atoms with Gasteiger partial charge in [-0.15, -0.1) is 16.4 Å². The Hall–Kier alpha value is -3.00. The highest BCUT2D eigenvalue weighted by Gasteiger charge is 2.22. The molecule has 0 saturated heterocycles. The van der Waals surface area contributed by atoms with Crippen molar-refractivity contribution < 1.29 is 14.3 Å². The van der Waals surface area contributed by atoms with Gasteiger partial charge in [0.25, 0.3) is 5.91 Å². The molecule has 8 heteroatoms. The van der Waals surface area contributed by atoms with Gasteiger partial charge in [-0.05, 0) is 17.0 Å². The van der Waals surface area contributed by atoms with Crippen LogP contribution in [0.25, 0.3) is 0 Å². The molecule has 0 spiro atoms. The third kappa shape index (κ3) is 4.54. The molecule has 134 valence electrons. The molecule has 1 aromatic carbocycles. The summed E-state index contributed by atoms with van der Waals surface area (Å²) in [5.41, 5.74) is 1.26. The van der Waals surface area contributed by atoms with Crippen LogP contribution >= 0.6 is 11.3 Å². The average molecular weight is 370 g/mol. The van der Waals surface area contributed by atoms with Gasteiger partial charge in [-0.25, -0.2) is 4.68 Å². The number of ether oxygens (including phenoxy) is 1. The van der Waals surface area contributed by atoms with Gasteiger partial charge < -0.3 is 10.1 Å². The van der Waals surface area contributed by atoms with Crippen LogP contribution in [0.1, 0.15) is 33.4 Å². The number of hydrogen-bond donors (Lipinski definition) is 1. The van der Waals surface area contributed by atoms with E-state index in [1.807, 2.05) is 47.8 Å². The molecule has 2 aromatic heterocycles. The number of aromatic nitrogens is 3. The Morgan fingerprint density at radius 3 is 2.73 bits per heavy atom. The molecule has 1 unspecified atom stereocenters. The maximum atomic E-state index is 12.5. The number of methoxy groups -OCH3 is 1. The van der Waals surface area contributed by atoms with E-state index in [0.29, 0.717) is 6.54 Å². The molecule has 26 heavy (non-hydrogen) atoms.